The second-order valence-corrected chi connectivity index (χ2v) is 14.5. The van der Waals surface area contributed by atoms with E-state index in [4.69, 9.17) is 9.98 Å². The van der Waals surface area contributed by atoms with Gasteiger partial charge in [-0.3, -0.25) is 9.98 Å². The molecule has 1 atom stereocenters. The number of benzene rings is 5. The SMILES string of the molecule is C=CN=C1C(=NC(C)C(/C=C\CC)=C/C=C/n2c3c(c4cc(-c5ccccc5C)ccc42)CC=C(c2ccccc2)C=C3)c2ccccc2-c2c(C)cccc21. The van der Waals surface area contributed by atoms with Crippen LogP contribution in [-0.2, 0) is 6.42 Å². The molecule has 0 fully saturated rings. The number of aromatic nitrogens is 1. The molecule has 2 aliphatic carbocycles. The fourth-order valence-corrected chi connectivity index (χ4v) is 8.15. The molecule has 6 aromatic rings. The minimum atomic E-state index is -0.139. The fraction of sp³-hybridized carbons (Fsp3) is 0.132. The zero-order valence-corrected chi connectivity index (χ0v) is 32.7. The molecule has 2 aliphatic rings. The van der Waals surface area contributed by atoms with Crippen LogP contribution in [0.3, 0.4) is 0 Å². The van der Waals surface area contributed by atoms with E-state index in [1.165, 1.54) is 66.7 Å². The summed E-state index contributed by atoms with van der Waals surface area (Å²) in [6.45, 7) is 12.7. The van der Waals surface area contributed by atoms with Crippen LogP contribution in [0.2, 0.25) is 0 Å². The Bertz CT molecular complexity index is 2690. The van der Waals surface area contributed by atoms with Gasteiger partial charge in [0.15, 0.2) is 0 Å². The molecule has 0 N–H and O–H groups in total. The average molecular weight is 726 g/mol. The van der Waals surface area contributed by atoms with Crippen LogP contribution in [-0.4, -0.2) is 22.0 Å². The van der Waals surface area contributed by atoms with Crippen LogP contribution in [0.1, 0.15) is 59.3 Å². The van der Waals surface area contributed by atoms with Crippen LogP contribution >= 0.6 is 0 Å². The molecule has 0 bridgehead atoms. The molecule has 1 unspecified atom stereocenters. The fourth-order valence-electron chi connectivity index (χ4n) is 8.15. The van der Waals surface area contributed by atoms with Gasteiger partial charge in [-0.2, -0.15) is 0 Å². The number of aryl methyl sites for hydroxylation is 2. The lowest BCUT2D eigenvalue weighted by molar-refractivity contribution is 0.887. The van der Waals surface area contributed by atoms with Crippen LogP contribution in [0.25, 0.3) is 51.0 Å². The van der Waals surface area contributed by atoms with Crippen molar-refractivity contribution in [1.29, 1.82) is 0 Å². The largest absolute Gasteiger partial charge is 0.316 e. The predicted molar refractivity (Wildman–Crippen MR) is 241 cm³/mol. The minimum absolute atomic E-state index is 0.139. The molecule has 3 nitrogen and oxygen atoms in total. The van der Waals surface area contributed by atoms with Gasteiger partial charge in [-0.25, -0.2) is 0 Å². The van der Waals surface area contributed by atoms with Crippen molar-refractivity contribution >= 4 is 40.2 Å². The van der Waals surface area contributed by atoms with Crippen molar-refractivity contribution in [2.75, 3.05) is 0 Å². The second-order valence-electron chi connectivity index (χ2n) is 14.5. The Morgan fingerprint density at radius 1 is 0.768 bits per heavy atom. The number of hydrogen-bond acceptors (Lipinski definition) is 2. The Morgan fingerprint density at radius 3 is 2.29 bits per heavy atom. The Kier molecular flexibility index (Phi) is 10.4. The first-order valence-corrected chi connectivity index (χ1v) is 19.6. The number of nitrogens with zero attached hydrogens (tertiary/aromatic N) is 3. The molecule has 0 spiro atoms. The molecule has 5 aromatic carbocycles. The third kappa shape index (κ3) is 6.93. The summed E-state index contributed by atoms with van der Waals surface area (Å²) >= 11 is 0. The minimum Gasteiger partial charge on any atom is -0.316 e. The van der Waals surface area contributed by atoms with Crippen molar-refractivity contribution in [3.05, 3.63) is 209 Å². The van der Waals surface area contributed by atoms with E-state index in [-0.39, 0.29) is 6.04 Å². The maximum Gasteiger partial charge on any atom is 0.0966 e. The zero-order valence-electron chi connectivity index (χ0n) is 32.7. The normalized spacial score (nSPS) is 15.9. The molecular weight excluding hydrogens is 679 g/mol. The van der Waals surface area contributed by atoms with Gasteiger partial charge in [0.2, 0.25) is 0 Å². The van der Waals surface area contributed by atoms with Crippen molar-refractivity contribution < 1.29 is 0 Å². The molecule has 1 heterocycles. The average Bonchev–Trinajstić information content (AvgIpc) is 3.34. The summed E-state index contributed by atoms with van der Waals surface area (Å²) in [6.07, 6.45) is 21.4. The van der Waals surface area contributed by atoms with Gasteiger partial charge < -0.3 is 4.57 Å². The topological polar surface area (TPSA) is 29.6 Å². The Hall–Kier alpha value is -6.58. The maximum atomic E-state index is 5.45. The Morgan fingerprint density at radius 2 is 1.50 bits per heavy atom. The third-order valence-corrected chi connectivity index (χ3v) is 11.0. The number of hydrogen-bond donors (Lipinski definition) is 0. The summed E-state index contributed by atoms with van der Waals surface area (Å²) < 4.78 is 2.35. The van der Waals surface area contributed by atoms with Gasteiger partial charge in [0.25, 0.3) is 0 Å². The van der Waals surface area contributed by atoms with Gasteiger partial charge >= 0.3 is 0 Å². The lowest BCUT2D eigenvalue weighted by atomic mass is 9.80. The molecule has 1 aromatic heterocycles. The lowest BCUT2D eigenvalue weighted by Gasteiger charge is -2.25. The highest BCUT2D eigenvalue weighted by Crippen LogP contribution is 2.38. The Balaban J connectivity index is 1.22. The number of rotatable bonds is 9. The Labute approximate surface area is 331 Å². The molecule has 0 amide bonds. The third-order valence-electron chi connectivity index (χ3n) is 11.0. The number of allylic oxidation sites excluding steroid dienone is 6. The first-order chi connectivity index (χ1) is 27.5. The number of aliphatic imine (C=N–C) groups is 2. The van der Waals surface area contributed by atoms with E-state index >= 15 is 0 Å². The van der Waals surface area contributed by atoms with E-state index in [2.05, 4.69) is 203 Å². The van der Waals surface area contributed by atoms with E-state index in [1.54, 1.807) is 6.20 Å². The standard InChI is InChI=1S/C53H47N3/c1-6-8-20-39(38(5)55-53-46-26-15-14-25-45(46)51-37(4)19-16-27-47(51)52(53)54-7-2)23-17-34-56-49-32-29-41(40-21-10-9-11-22-40)28-31-44(49)48-35-42(30-33-50(48)56)43-24-13-12-18-36(43)3/h7-30,32-35,38H,2,6,31H2,1,3-5H3/b20-8-,34-17+,39-23+,54-52?,55-53?. The van der Waals surface area contributed by atoms with Gasteiger partial charge in [0, 0.05) is 34.6 Å². The van der Waals surface area contributed by atoms with Crippen LogP contribution in [0.5, 0.6) is 0 Å². The van der Waals surface area contributed by atoms with E-state index < -0.39 is 0 Å². The summed E-state index contributed by atoms with van der Waals surface area (Å²) in [4.78, 5) is 10.3. The van der Waals surface area contributed by atoms with Crippen molar-refractivity contribution in [2.45, 2.75) is 46.6 Å². The van der Waals surface area contributed by atoms with Gasteiger partial charge in [0.1, 0.15) is 0 Å². The van der Waals surface area contributed by atoms with Gasteiger partial charge in [-0.1, -0.05) is 147 Å². The lowest BCUT2D eigenvalue weighted by Crippen LogP contribution is -2.25. The summed E-state index contributed by atoms with van der Waals surface area (Å²) in [5.74, 6) is 0. The predicted octanol–water partition coefficient (Wildman–Crippen LogP) is 13.4. The van der Waals surface area contributed by atoms with Crippen LogP contribution in [0.15, 0.2) is 180 Å². The summed E-state index contributed by atoms with van der Waals surface area (Å²) in [6, 6.07) is 41.1. The van der Waals surface area contributed by atoms with Crippen molar-refractivity contribution in [3.63, 3.8) is 0 Å². The van der Waals surface area contributed by atoms with Crippen molar-refractivity contribution in [3.8, 4) is 22.3 Å². The van der Waals surface area contributed by atoms with Crippen LogP contribution in [0, 0.1) is 13.8 Å². The highest BCUT2D eigenvalue weighted by molar-refractivity contribution is 6.57. The molecular formula is C53H47N3. The number of fused-ring (bicyclic) bond motifs is 6. The zero-order chi connectivity index (χ0) is 38.6. The summed E-state index contributed by atoms with van der Waals surface area (Å²) in [7, 11) is 0. The van der Waals surface area contributed by atoms with E-state index in [9.17, 15) is 0 Å². The smallest absolute Gasteiger partial charge is 0.0966 e. The quantitative estimate of drug-likeness (QED) is 0.133. The van der Waals surface area contributed by atoms with Gasteiger partial charge in [0.05, 0.1) is 23.0 Å². The van der Waals surface area contributed by atoms with Crippen LogP contribution < -0.4 is 0 Å². The van der Waals surface area contributed by atoms with Gasteiger partial charge in [-0.05, 0) is 114 Å². The van der Waals surface area contributed by atoms with Crippen LogP contribution in [0.4, 0.5) is 0 Å². The van der Waals surface area contributed by atoms with E-state index in [0.717, 1.165) is 41.0 Å². The first kappa shape index (κ1) is 36.4. The first-order valence-electron chi connectivity index (χ1n) is 19.6. The monoisotopic (exact) mass is 725 g/mol. The molecule has 0 radical (unpaired) electrons. The highest BCUT2D eigenvalue weighted by atomic mass is 15.0. The van der Waals surface area contributed by atoms with Crippen molar-refractivity contribution in [1.82, 2.24) is 4.57 Å². The molecule has 274 valence electrons. The summed E-state index contributed by atoms with van der Waals surface area (Å²) in [5, 5.41) is 1.27. The van der Waals surface area contributed by atoms with Crippen molar-refractivity contribution in [2.24, 2.45) is 9.98 Å². The second kappa shape index (κ2) is 16.0. The molecule has 56 heavy (non-hydrogen) atoms. The molecule has 0 aliphatic heterocycles. The van der Waals surface area contributed by atoms with Gasteiger partial charge in [-0.15, -0.1) is 0 Å². The maximum absolute atomic E-state index is 5.45. The highest BCUT2D eigenvalue weighted by Gasteiger charge is 2.28. The molecule has 8 rings (SSSR count). The summed E-state index contributed by atoms with van der Waals surface area (Å²) in [5.41, 5.74) is 18.6. The van der Waals surface area contributed by atoms with E-state index in [0.29, 0.717) is 0 Å². The molecule has 0 saturated heterocycles. The molecule has 3 heteroatoms. The van der Waals surface area contributed by atoms with E-state index in [1.807, 2.05) is 0 Å². The molecule has 0 saturated carbocycles.